The molecule has 0 atom stereocenters. The summed E-state index contributed by atoms with van der Waals surface area (Å²) in [5, 5.41) is 9.02. The van der Waals surface area contributed by atoms with E-state index < -0.39 is 0 Å². The number of likely N-dealkylation sites (tertiary alicyclic amines) is 1. The van der Waals surface area contributed by atoms with E-state index in [4.69, 9.17) is 9.84 Å². The van der Waals surface area contributed by atoms with Crippen molar-refractivity contribution in [3.8, 4) is 5.75 Å². The summed E-state index contributed by atoms with van der Waals surface area (Å²) in [5.41, 5.74) is 2.43. The standard InChI is InChI=1S/C15H23NO2/c1-18-15-6-5-13(7-10-17)11-14(15)12-16-8-3-2-4-9-16/h5-6,11,17H,2-4,7-10,12H2,1H3. The lowest BCUT2D eigenvalue weighted by Crippen LogP contribution is -2.29. The van der Waals surface area contributed by atoms with Crippen LogP contribution in [0.4, 0.5) is 0 Å². The van der Waals surface area contributed by atoms with Crippen LogP contribution in [-0.4, -0.2) is 36.8 Å². The van der Waals surface area contributed by atoms with Gasteiger partial charge < -0.3 is 9.84 Å². The predicted octanol–water partition coefficient (Wildman–Crippen LogP) is 2.22. The number of benzene rings is 1. The molecule has 0 aliphatic carbocycles. The molecule has 18 heavy (non-hydrogen) atoms. The SMILES string of the molecule is COc1ccc(CCO)cc1CN1CCCCC1. The molecule has 0 aromatic heterocycles. The molecule has 3 nitrogen and oxygen atoms in total. The van der Waals surface area contributed by atoms with Gasteiger partial charge >= 0.3 is 0 Å². The summed E-state index contributed by atoms with van der Waals surface area (Å²) in [5.74, 6) is 0.960. The normalized spacial score (nSPS) is 16.8. The second-order valence-corrected chi connectivity index (χ2v) is 4.96. The van der Waals surface area contributed by atoms with Crippen LogP contribution >= 0.6 is 0 Å². The number of piperidine rings is 1. The minimum absolute atomic E-state index is 0.204. The predicted molar refractivity (Wildman–Crippen MR) is 72.9 cm³/mol. The van der Waals surface area contributed by atoms with Crippen molar-refractivity contribution >= 4 is 0 Å². The van der Waals surface area contributed by atoms with E-state index in [1.807, 2.05) is 12.1 Å². The lowest BCUT2D eigenvalue weighted by atomic mass is 10.1. The number of ether oxygens (including phenoxy) is 1. The summed E-state index contributed by atoms with van der Waals surface area (Å²) in [7, 11) is 1.72. The summed E-state index contributed by atoms with van der Waals surface area (Å²) in [6, 6.07) is 6.22. The lowest BCUT2D eigenvalue weighted by molar-refractivity contribution is 0.218. The van der Waals surface area contributed by atoms with Crippen molar-refractivity contribution in [2.75, 3.05) is 26.8 Å². The van der Waals surface area contributed by atoms with Crippen LogP contribution < -0.4 is 4.74 Å². The smallest absolute Gasteiger partial charge is 0.123 e. The monoisotopic (exact) mass is 249 g/mol. The highest BCUT2D eigenvalue weighted by Gasteiger charge is 2.13. The molecule has 0 bridgehead atoms. The van der Waals surface area contributed by atoms with Crippen LogP contribution in [0.5, 0.6) is 5.75 Å². The first-order chi connectivity index (χ1) is 8.83. The number of aliphatic hydroxyl groups excluding tert-OH is 1. The van der Waals surface area contributed by atoms with Crippen molar-refractivity contribution in [1.82, 2.24) is 4.90 Å². The van der Waals surface area contributed by atoms with Crippen LogP contribution in [0.3, 0.4) is 0 Å². The summed E-state index contributed by atoms with van der Waals surface area (Å²) in [4.78, 5) is 2.49. The van der Waals surface area contributed by atoms with Gasteiger partial charge in [0.05, 0.1) is 7.11 Å². The molecule has 1 N–H and O–H groups in total. The van der Waals surface area contributed by atoms with Gasteiger partial charge in [-0.25, -0.2) is 0 Å². The molecular weight excluding hydrogens is 226 g/mol. The van der Waals surface area contributed by atoms with Crippen molar-refractivity contribution in [3.05, 3.63) is 29.3 Å². The van der Waals surface area contributed by atoms with Crippen LogP contribution in [0.25, 0.3) is 0 Å². The van der Waals surface area contributed by atoms with E-state index >= 15 is 0 Å². The molecule has 0 amide bonds. The summed E-state index contributed by atoms with van der Waals surface area (Å²) < 4.78 is 5.43. The number of rotatable bonds is 5. The fourth-order valence-corrected chi connectivity index (χ4v) is 2.60. The van der Waals surface area contributed by atoms with Gasteiger partial charge in [0.2, 0.25) is 0 Å². The molecule has 1 aromatic carbocycles. The largest absolute Gasteiger partial charge is 0.496 e. The van der Waals surface area contributed by atoms with Gasteiger partial charge in [-0.2, -0.15) is 0 Å². The molecule has 0 unspecified atom stereocenters. The van der Waals surface area contributed by atoms with Crippen molar-refractivity contribution in [2.45, 2.75) is 32.2 Å². The number of aliphatic hydroxyl groups is 1. The highest BCUT2D eigenvalue weighted by atomic mass is 16.5. The van der Waals surface area contributed by atoms with Gasteiger partial charge in [0.25, 0.3) is 0 Å². The van der Waals surface area contributed by atoms with Crippen molar-refractivity contribution in [2.24, 2.45) is 0 Å². The van der Waals surface area contributed by atoms with Crippen molar-refractivity contribution < 1.29 is 9.84 Å². The van der Waals surface area contributed by atoms with Crippen LogP contribution in [0.15, 0.2) is 18.2 Å². The zero-order chi connectivity index (χ0) is 12.8. The third-order valence-electron chi connectivity index (χ3n) is 3.59. The molecule has 0 radical (unpaired) electrons. The summed E-state index contributed by atoms with van der Waals surface area (Å²) >= 11 is 0. The van der Waals surface area contributed by atoms with Gasteiger partial charge in [-0.3, -0.25) is 4.90 Å². The van der Waals surface area contributed by atoms with Crippen LogP contribution in [0, 0.1) is 0 Å². The van der Waals surface area contributed by atoms with Gasteiger partial charge in [-0.1, -0.05) is 18.6 Å². The lowest BCUT2D eigenvalue weighted by Gasteiger charge is -2.27. The van der Waals surface area contributed by atoms with Gasteiger partial charge in [-0.05, 0) is 44.0 Å². The number of hydrogen-bond acceptors (Lipinski definition) is 3. The second-order valence-electron chi connectivity index (χ2n) is 4.96. The minimum atomic E-state index is 0.204. The highest BCUT2D eigenvalue weighted by Crippen LogP contribution is 2.23. The average Bonchev–Trinajstić information content (AvgIpc) is 2.41. The molecule has 1 saturated heterocycles. The summed E-state index contributed by atoms with van der Waals surface area (Å²) in [6.45, 7) is 3.54. The maximum atomic E-state index is 9.02. The maximum absolute atomic E-state index is 9.02. The number of hydrogen-bond donors (Lipinski definition) is 1. The Hall–Kier alpha value is -1.06. The van der Waals surface area contributed by atoms with Crippen LogP contribution in [0.1, 0.15) is 30.4 Å². The minimum Gasteiger partial charge on any atom is -0.496 e. The van der Waals surface area contributed by atoms with Gasteiger partial charge in [0.15, 0.2) is 0 Å². The zero-order valence-corrected chi connectivity index (χ0v) is 11.2. The van der Waals surface area contributed by atoms with Crippen molar-refractivity contribution in [3.63, 3.8) is 0 Å². The van der Waals surface area contributed by atoms with Crippen molar-refractivity contribution in [1.29, 1.82) is 0 Å². The first-order valence-corrected chi connectivity index (χ1v) is 6.82. The Balaban J connectivity index is 2.09. The number of nitrogens with zero attached hydrogens (tertiary/aromatic N) is 1. The van der Waals surface area contributed by atoms with E-state index in [2.05, 4.69) is 11.0 Å². The van der Waals surface area contributed by atoms with Crippen LogP contribution in [0.2, 0.25) is 0 Å². The maximum Gasteiger partial charge on any atom is 0.123 e. The van der Waals surface area contributed by atoms with Gasteiger partial charge in [0, 0.05) is 18.7 Å². The van der Waals surface area contributed by atoms with Gasteiger partial charge in [-0.15, -0.1) is 0 Å². The molecule has 1 heterocycles. The summed E-state index contributed by atoms with van der Waals surface area (Å²) in [6.07, 6.45) is 4.69. The third kappa shape index (κ3) is 3.47. The molecule has 1 fully saturated rings. The van der Waals surface area contributed by atoms with Crippen LogP contribution in [-0.2, 0) is 13.0 Å². The Morgan fingerprint density at radius 3 is 2.67 bits per heavy atom. The Morgan fingerprint density at radius 1 is 1.22 bits per heavy atom. The zero-order valence-electron chi connectivity index (χ0n) is 11.2. The molecule has 100 valence electrons. The van der Waals surface area contributed by atoms with E-state index in [-0.39, 0.29) is 6.61 Å². The van der Waals surface area contributed by atoms with E-state index in [9.17, 15) is 0 Å². The van der Waals surface area contributed by atoms with Gasteiger partial charge in [0.1, 0.15) is 5.75 Å². The molecule has 1 aliphatic rings. The Bertz CT molecular complexity index is 373. The average molecular weight is 249 g/mol. The topological polar surface area (TPSA) is 32.7 Å². The molecular formula is C15H23NO2. The second kappa shape index (κ2) is 6.76. The Morgan fingerprint density at radius 2 is 2.00 bits per heavy atom. The van der Waals surface area contributed by atoms with E-state index in [0.717, 1.165) is 18.7 Å². The van der Waals surface area contributed by atoms with E-state index in [1.54, 1.807) is 7.11 Å². The first kappa shape index (κ1) is 13.4. The number of methoxy groups -OCH3 is 1. The fraction of sp³-hybridized carbons (Fsp3) is 0.600. The molecule has 1 aliphatic heterocycles. The molecule has 2 rings (SSSR count). The highest BCUT2D eigenvalue weighted by molar-refractivity contribution is 5.37. The molecule has 0 saturated carbocycles. The fourth-order valence-electron chi connectivity index (χ4n) is 2.60. The van der Waals surface area contributed by atoms with E-state index in [0.29, 0.717) is 0 Å². The quantitative estimate of drug-likeness (QED) is 0.868. The van der Waals surface area contributed by atoms with E-state index in [1.165, 1.54) is 43.5 Å². The Labute approximate surface area is 109 Å². The molecule has 3 heteroatoms. The Kier molecular flexibility index (Phi) is 5.02. The first-order valence-electron chi connectivity index (χ1n) is 6.82. The molecule has 0 spiro atoms. The third-order valence-corrected chi connectivity index (χ3v) is 3.59. The molecule has 1 aromatic rings.